The van der Waals surface area contributed by atoms with Gasteiger partial charge in [0.25, 0.3) is 5.91 Å². The van der Waals surface area contributed by atoms with Gasteiger partial charge in [0.2, 0.25) is 5.95 Å². The van der Waals surface area contributed by atoms with Gasteiger partial charge in [-0.05, 0) is 18.2 Å². The first-order valence-corrected chi connectivity index (χ1v) is 5.06. The fraction of sp³-hybridized carbons (Fsp3) is 0. The maximum absolute atomic E-state index is 13.3. The van der Waals surface area contributed by atoms with Crippen LogP contribution in [0.2, 0.25) is 0 Å². The van der Waals surface area contributed by atoms with Crippen LogP contribution in [-0.2, 0) is 0 Å². The standard InChI is InChI=1S/C12H6F4N2O/c13-7-2-1-3-8(14)10(7)18-12(19)6-4-5-17-11(16)9(6)15/h1-5H,(H,18,19). The zero-order chi connectivity index (χ0) is 14.0. The molecule has 2 rings (SSSR count). The zero-order valence-electron chi connectivity index (χ0n) is 9.25. The fourth-order valence-corrected chi connectivity index (χ4v) is 1.39. The Balaban J connectivity index is 2.34. The Kier molecular flexibility index (Phi) is 3.46. The zero-order valence-corrected chi connectivity index (χ0v) is 9.25. The lowest BCUT2D eigenvalue weighted by molar-refractivity contribution is 0.102. The lowest BCUT2D eigenvalue weighted by Gasteiger charge is -2.08. The van der Waals surface area contributed by atoms with E-state index >= 15 is 0 Å². The van der Waals surface area contributed by atoms with E-state index < -0.39 is 40.6 Å². The molecule has 2 aromatic rings. The molecule has 1 aromatic heterocycles. The van der Waals surface area contributed by atoms with Crippen LogP contribution in [0.4, 0.5) is 23.2 Å². The van der Waals surface area contributed by atoms with E-state index in [1.165, 1.54) is 0 Å². The molecular formula is C12H6F4N2O. The quantitative estimate of drug-likeness (QED) is 0.673. The molecule has 0 aliphatic rings. The number of nitrogens with one attached hydrogen (secondary N) is 1. The number of carbonyl (C=O) groups is 1. The third-order valence-electron chi connectivity index (χ3n) is 2.29. The number of pyridine rings is 1. The highest BCUT2D eigenvalue weighted by Gasteiger charge is 2.18. The molecule has 1 amide bonds. The number of benzene rings is 1. The second kappa shape index (κ2) is 5.05. The summed E-state index contributed by atoms with van der Waals surface area (Å²) >= 11 is 0. The number of para-hydroxylation sites is 1. The molecular weight excluding hydrogens is 264 g/mol. The number of anilines is 1. The number of amides is 1. The van der Waals surface area contributed by atoms with Crippen molar-refractivity contribution in [1.29, 1.82) is 0 Å². The molecule has 0 radical (unpaired) electrons. The molecule has 98 valence electrons. The maximum Gasteiger partial charge on any atom is 0.259 e. The van der Waals surface area contributed by atoms with Gasteiger partial charge in [-0.1, -0.05) is 6.07 Å². The molecule has 0 fully saturated rings. The Labute approximate surface area is 104 Å². The molecule has 19 heavy (non-hydrogen) atoms. The molecule has 0 atom stereocenters. The van der Waals surface area contributed by atoms with Gasteiger partial charge in [0.15, 0.2) is 5.82 Å². The van der Waals surface area contributed by atoms with Crippen molar-refractivity contribution < 1.29 is 22.4 Å². The summed E-state index contributed by atoms with van der Waals surface area (Å²) in [6.45, 7) is 0. The molecule has 1 heterocycles. The van der Waals surface area contributed by atoms with Crippen molar-refractivity contribution in [1.82, 2.24) is 4.98 Å². The summed E-state index contributed by atoms with van der Waals surface area (Å²) in [6, 6.07) is 3.84. The second-order valence-electron chi connectivity index (χ2n) is 3.51. The summed E-state index contributed by atoms with van der Waals surface area (Å²) in [7, 11) is 0. The number of hydrogen-bond donors (Lipinski definition) is 1. The minimum atomic E-state index is -1.49. The van der Waals surface area contributed by atoms with Crippen molar-refractivity contribution in [2.24, 2.45) is 0 Å². The van der Waals surface area contributed by atoms with Crippen LogP contribution in [0.15, 0.2) is 30.5 Å². The van der Waals surface area contributed by atoms with Gasteiger partial charge < -0.3 is 5.32 Å². The predicted molar refractivity (Wildman–Crippen MR) is 58.5 cm³/mol. The minimum Gasteiger partial charge on any atom is -0.317 e. The Bertz CT molecular complexity index is 625. The number of halogens is 4. The van der Waals surface area contributed by atoms with Gasteiger partial charge in [-0.2, -0.15) is 4.39 Å². The van der Waals surface area contributed by atoms with Crippen LogP contribution in [0.5, 0.6) is 0 Å². The molecule has 0 aliphatic carbocycles. The number of rotatable bonds is 2. The summed E-state index contributed by atoms with van der Waals surface area (Å²) in [5.41, 5.74) is -1.43. The largest absolute Gasteiger partial charge is 0.317 e. The fourth-order valence-electron chi connectivity index (χ4n) is 1.39. The van der Waals surface area contributed by atoms with Crippen molar-refractivity contribution in [2.45, 2.75) is 0 Å². The molecule has 3 nitrogen and oxygen atoms in total. The number of aromatic nitrogens is 1. The maximum atomic E-state index is 13.3. The highest BCUT2D eigenvalue weighted by Crippen LogP contribution is 2.19. The highest BCUT2D eigenvalue weighted by molar-refractivity contribution is 6.04. The van der Waals surface area contributed by atoms with Crippen molar-refractivity contribution >= 4 is 11.6 Å². The summed E-state index contributed by atoms with van der Waals surface area (Å²) in [5, 5.41) is 1.84. The molecule has 0 unspecified atom stereocenters. The monoisotopic (exact) mass is 270 g/mol. The molecule has 7 heteroatoms. The van der Waals surface area contributed by atoms with Crippen LogP contribution in [0.3, 0.4) is 0 Å². The van der Waals surface area contributed by atoms with Crippen LogP contribution < -0.4 is 5.32 Å². The van der Waals surface area contributed by atoms with Crippen LogP contribution in [-0.4, -0.2) is 10.9 Å². The Morgan fingerprint density at radius 3 is 2.32 bits per heavy atom. The predicted octanol–water partition coefficient (Wildman–Crippen LogP) is 2.89. The van der Waals surface area contributed by atoms with E-state index in [0.29, 0.717) is 0 Å². The minimum absolute atomic E-state index is 0.699. The SMILES string of the molecule is O=C(Nc1c(F)cccc1F)c1ccnc(F)c1F. The first-order chi connectivity index (χ1) is 9.00. The first kappa shape index (κ1) is 13.0. The van der Waals surface area contributed by atoms with Crippen molar-refractivity contribution in [3.05, 3.63) is 59.4 Å². The van der Waals surface area contributed by atoms with Gasteiger partial charge in [-0.3, -0.25) is 4.79 Å². The van der Waals surface area contributed by atoms with E-state index in [4.69, 9.17) is 0 Å². The van der Waals surface area contributed by atoms with Gasteiger partial charge in [0.05, 0.1) is 5.56 Å². The molecule has 0 bridgehead atoms. The van der Waals surface area contributed by atoms with E-state index in [1.54, 1.807) is 0 Å². The topological polar surface area (TPSA) is 42.0 Å². The Morgan fingerprint density at radius 2 is 1.68 bits per heavy atom. The van der Waals surface area contributed by atoms with E-state index in [-0.39, 0.29) is 0 Å². The number of hydrogen-bond acceptors (Lipinski definition) is 2. The van der Waals surface area contributed by atoms with E-state index in [9.17, 15) is 22.4 Å². The van der Waals surface area contributed by atoms with Gasteiger partial charge in [-0.25, -0.2) is 18.2 Å². The van der Waals surface area contributed by atoms with Crippen molar-refractivity contribution in [3.8, 4) is 0 Å². The Morgan fingerprint density at radius 1 is 1.05 bits per heavy atom. The Hall–Kier alpha value is -2.44. The lowest BCUT2D eigenvalue weighted by Crippen LogP contribution is -2.17. The van der Waals surface area contributed by atoms with Crippen LogP contribution in [0.25, 0.3) is 0 Å². The molecule has 0 saturated heterocycles. The molecule has 1 N–H and O–H groups in total. The van der Waals surface area contributed by atoms with Crippen LogP contribution in [0.1, 0.15) is 10.4 Å². The van der Waals surface area contributed by atoms with Crippen molar-refractivity contribution in [3.63, 3.8) is 0 Å². The van der Waals surface area contributed by atoms with E-state index in [1.807, 2.05) is 5.32 Å². The average Bonchev–Trinajstić information content (AvgIpc) is 2.37. The summed E-state index contributed by atoms with van der Waals surface area (Å²) in [5.74, 6) is -6.19. The molecule has 1 aromatic carbocycles. The first-order valence-electron chi connectivity index (χ1n) is 5.06. The van der Waals surface area contributed by atoms with E-state index in [2.05, 4.69) is 4.98 Å². The summed E-state index contributed by atoms with van der Waals surface area (Å²) in [6.07, 6.45) is 0.866. The molecule has 0 spiro atoms. The van der Waals surface area contributed by atoms with Gasteiger partial charge in [0, 0.05) is 6.20 Å². The lowest BCUT2D eigenvalue weighted by atomic mass is 10.2. The van der Waals surface area contributed by atoms with Gasteiger partial charge in [-0.15, -0.1) is 0 Å². The highest BCUT2D eigenvalue weighted by atomic mass is 19.2. The smallest absolute Gasteiger partial charge is 0.259 e. The third-order valence-corrected chi connectivity index (χ3v) is 2.29. The number of carbonyl (C=O) groups excluding carboxylic acids is 1. The number of nitrogens with zero attached hydrogens (tertiary/aromatic N) is 1. The summed E-state index contributed by atoms with van der Waals surface area (Å²) in [4.78, 5) is 14.6. The van der Waals surface area contributed by atoms with Gasteiger partial charge in [0.1, 0.15) is 17.3 Å². The van der Waals surface area contributed by atoms with Gasteiger partial charge >= 0.3 is 0 Å². The molecule has 0 saturated carbocycles. The average molecular weight is 270 g/mol. The third kappa shape index (κ3) is 2.54. The van der Waals surface area contributed by atoms with Crippen LogP contribution >= 0.6 is 0 Å². The van der Waals surface area contributed by atoms with Crippen LogP contribution in [0, 0.1) is 23.4 Å². The summed E-state index contributed by atoms with van der Waals surface area (Å²) < 4.78 is 52.6. The second-order valence-corrected chi connectivity index (χ2v) is 3.51. The van der Waals surface area contributed by atoms with E-state index in [0.717, 1.165) is 30.5 Å². The molecule has 0 aliphatic heterocycles. The normalized spacial score (nSPS) is 10.3. The van der Waals surface area contributed by atoms with Crippen molar-refractivity contribution in [2.75, 3.05) is 5.32 Å².